The highest BCUT2D eigenvalue weighted by molar-refractivity contribution is 8.00. The van der Waals surface area contributed by atoms with Crippen LogP contribution in [0.2, 0.25) is 10.0 Å². The van der Waals surface area contributed by atoms with Crippen LogP contribution in [0.5, 0.6) is 0 Å². The lowest BCUT2D eigenvalue weighted by Crippen LogP contribution is -2.24. The standard InChI is InChI=1S/C27H26Cl2N2O2S/c28-20-11-16-23(29)24(17-20)31-27(33)25(18-7-3-1-4-8-18)34-22-14-12-21(13-15-22)30-26(32)19-9-5-2-6-10-19/h1,3-4,7-8,11-17,19,25H,2,5-6,9-10H2,(H,30,32)(H,31,33). The van der Waals surface area contributed by atoms with Crippen molar-refractivity contribution in [2.75, 3.05) is 10.6 Å². The number of benzene rings is 3. The van der Waals surface area contributed by atoms with Crippen LogP contribution in [0, 0.1) is 5.92 Å². The fourth-order valence-electron chi connectivity index (χ4n) is 4.05. The van der Waals surface area contributed by atoms with E-state index in [4.69, 9.17) is 23.2 Å². The molecule has 0 saturated heterocycles. The zero-order chi connectivity index (χ0) is 23.9. The van der Waals surface area contributed by atoms with Gasteiger partial charge in [-0.15, -0.1) is 11.8 Å². The van der Waals surface area contributed by atoms with Crippen molar-refractivity contribution in [2.45, 2.75) is 42.2 Å². The molecule has 1 unspecified atom stereocenters. The Morgan fingerprint density at radius 2 is 1.56 bits per heavy atom. The SMILES string of the molecule is O=C(Nc1ccc(SC(C(=O)Nc2cc(Cl)ccc2Cl)c2ccccc2)cc1)C1CCCCC1. The molecule has 2 amide bonds. The number of carbonyl (C=O) groups excluding carboxylic acids is 2. The maximum atomic E-state index is 13.3. The van der Waals surface area contributed by atoms with E-state index in [1.807, 2.05) is 54.6 Å². The number of halogens is 2. The summed E-state index contributed by atoms with van der Waals surface area (Å²) in [5.74, 6) is 0.00219. The van der Waals surface area contributed by atoms with Gasteiger partial charge in [-0.3, -0.25) is 9.59 Å². The zero-order valence-electron chi connectivity index (χ0n) is 18.6. The third kappa shape index (κ3) is 6.56. The molecule has 1 atom stereocenters. The first-order chi connectivity index (χ1) is 16.5. The van der Waals surface area contributed by atoms with E-state index in [-0.39, 0.29) is 17.7 Å². The molecule has 3 aromatic rings. The van der Waals surface area contributed by atoms with Crippen LogP contribution in [0.25, 0.3) is 0 Å². The molecule has 0 aliphatic heterocycles. The van der Waals surface area contributed by atoms with Crippen molar-refractivity contribution in [3.8, 4) is 0 Å². The van der Waals surface area contributed by atoms with Gasteiger partial charge in [-0.2, -0.15) is 0 Å². The molecule has 3 aromatic carbocycles. The summed E-state index contributed by atoms with van der Waals surface area (Å²) in [6.07, 6.45) is 5.39. The van der Waals surface area contributed by atoms with Crippen molar-refractivity contribution in [1.29, 1.82) is 0 Å². The Labute approximate surface area is 214 Å². The first-order valence-electron chi connectivity index (χ1n) is 11.4. The van der Waals surface area contributed by atoms with E-state index >= 15 is 0 Å². The molecule has 0 spiro atoms. The van der Waals surface area contributed by atoms with Crippen molar-refractivity contribution in [3.63, 3.8) is 0 Å². The molecule has 1 saturated carbocycles. The van der Waals surface area contributed by atoms with Gasteiger partial charge in [-0.05, 0) is 60.9 Å². The maximum absolute atomic E-state index is 13.3. The molecule has 0 radical (unpaired) electrons. The monoisotopic (exact) mass is 512 g/mol. The fourth-order valence-corrected chi connectivity index (χ4v) is 5.42. The number of rotatable bonds is 7. The number of carbonyl (C=O) groups is 2. The number of amides is 2. The van der Waals surface area contributed by atoms with Crippen LogP contribution in [0.4, 0.5) is 11.4 Å². The van der Waals surface area contributed by atoms with Gasteiger partial charge in [0.25, 0.3) is 0 Å². The Kier molecular flexibility index (Phi) is 8.54. The summed E-state index contributed by atoms with van der Waals surface area (Å²) in [7, 11) is 0. The first kappa shape index (κ1) is 24.6. The van der Waals surface area contributed by atoms with Crippen molar-refractivity contribution in [2.24, 2.45) is 5.92 Å². The molecule has 176 valence electrons. The van der Waals surface area contributed by atoms with E-state index in [1.165, 1.54) is 18.2 Å². The summed E-state index contributed by atoms with van der Waals surface area (Å²) in [5.41, 5.74) is 2.12. The minimum absolute atomic E-state index is 0.0973. The van der Waals surface area contributed by atoms with Crippen LogP contribution in [-0.2, 0) is 9.59 Å². The zero-order valence-corrected chi connectivity index (χ0v) is 20.9. The van der Waals surface area contributed by atoms with Crippen LogP contribution in [0.1, 0.15) is 42.9 Å². The van der Waals surface area contributed by atoms with Gasteiger partial charge < -0.3 is 10.6 Å². The van der Waals surface area contributed by atoms with Gasteiger partial charge in [-0.25, -0.2) is 0 Å². The van der Waals surface area contributed by atoms with Gasteiger partial charge in [0.15, 0.2) is 0 Å². The molecule has 7 heteroatoms. The second-order valence-electron chi connectivity index (χ2n) is 8.37. The minimum Gasteiger partial charge on any atom is -0.326 e. The first-order valence-corrected chi connectivity index (χ1v) is 13.0. The summed E-state index contributed by atoms with van der Waals surface area (Å²) in [4.78, 5) is 26.7. The molecule has 4 nitrogen and oxygen atoms in total. The van der Waals surface area contributed by atoms with Crippen molar-refractivity contribution >= 4 is 58.2 Å². The average Bonchev–Trinajstić information content (AvgIpc) is 2.86. The third-order valence-electron chi connectivity index (χ3n) is 5.88. The molecule has 1 fully saturated rings. The Morgan fingerprint density at radius 1 is 0.853 bits per heavy atom. The second kappa shape index (κ2) is 11.8. The van der Waals surface area contributed by atoms with Crippen molar-refractivity contribution in [3.05, 3.63) is 88.4 Å². The van der Waals surface area contributed by atoms with E-state index in [9.17, 15) is 9.59 Å². The van der Waals surface area contributed by atoms with E-state index in [2.05, 4.69) is 10.6 Å². The highest BCUT2D eigenvalue weighted by Gasteiger charge is 2.24. The van der Waals surface area contributed by atoms with Crippen molar-refractivity contribution in [1.82, 2.24) is 0 Å². The molecule has 0 aromatic heterocycles. The lowest BCUT2D eigenvalue weighted by molar-refractivity contribution is -0.120. The Hall–Kier alpha value is -2.47. The Morgan fingerprint density at radius 3 is 2.26 bits per heavy atom. The highest BCUT2D eigenvalue weighted by atomic mass is 35.5. The van der Waals surface area contributed by atoms with Crippen molar-refractivity contribution < 1.29 is 9.59 Å². The van der Waals surface area contributed by atoms with Crippen LogP contribution < -0.4 is 10.6 Å². The fraction of sp³-hybridized carbons (Fsp3) is 0.259. The minimum atomic E-state index is -0.501. The molecule has 2 N–H and O–H groups in total. The summed E-state index contributed by atoms with van der Waals surface area (Å²) >= 11 is 13.8. The molecule has 34 heavy (non-hydrogen) atoms. The van der Waals surface area contributed by atoms with Gasteiger partial charge in [0, 0.05) is 21.5 Å². The maximum Gasteiger partial charge on any atom is 0.242 e. The number of anilines is 2. The van der Waals surface area contributed by atoms with Crippen LogP contribution in [0.15, 0.2) is 77.7 Å². The topological polar surface area (TPSA) is 58.2 Å². The largest absolute Gasteiger partial charge is 0.326 e. The lowest BCUT2D eigenvalue weighted by atomic mass is 9.88. The van der Waals surface area contributed by atoms with Crippen LogP contribution >= 0.6 is 35.0 Å². The predicted octanol–water partition coefficient (Wildman–Crippen LogP) is 7.98. The number of hydrogen-bond acceptors (Lipinski definition) is 3. The molecule has 1 aliphatic carbocycles. The quantitative estimate of drug-likeness (QED) is 0.315. The van der Waals surface area contributed by atoms with E-state index < -0.39 is 5.25 Å². The smallest absolute Gasteiger partial charge is 0.242 e. The Bertz CT molecular complexity index is 1130. The van der Waals surface area contributed by atoms with E-state index in [0.717, 1.165) is 41.8 Å². The summed E-state index contributed by atoms with van der Waals surface area (Å²) in [6.45, 7) is 0. The molecule has 1 aliphatic rings. The van der Waals surface area contributed by atoms with Crippen LogP contribution in [0.3, 0.4) is 0 Å². The molecular formula is C27H26Cl2N2O2S. The van der Waals surface area contributed by atoms with Crippen LogP contribution in [-0.4, -0.2) is 11.8 Å². The van der Waals surface area contributed by atoms with Gasteiger partial charge in [0.1, 0.15) is 5.25 Å². The average molecular weight is 513 g/mol. The molecule has 4 rings (SSSR count). The number of nitrogens with one attached hydrogen (secondary N) is 2. The van der Waals surface area contributed by atoms with Gasteiger partial charge >= 0.3 is 0 Å². The summed E-state index contributed by atoms with van der Waals surface area (Å²) in [6, 6.07) is 22.2. The van der Waals surface area contributed by atoms with E-state index in [1.54, 1.807) is 18.2 Å². The predicted molar refractivity (Wildman–Crippen MR) is 142 cm³/mol. The van der Waals surface area contributed by atoms with Gasteiger partial charge in [0.05, 0.1) is 10.7 Å². The Balaban J connectivity index is 1.47. The molecule has 0 heterocycles. The van der Waals surface area contributed by atoms with Gasteiger partial charge in [0.2, 0.25) is 11.8 Å². The lowest BCUT2D eigenvalue weighted by Gasteiger charge is -2.21. The normalized spacial score (nSPS) is 14.9. The van der Waals surface area contributed by atoms with E-state index in [0.29, 0.717) is 15.7 Å². The molecule has 0 bridgehead atoms. The van der Waals surface area contributed by atoms with Gasteiger partial charge in [-0.1, -0.05) is 72.8 Å². The molecular weight excluding hydrogens is 487 g/mol. The second-order valence-corrected chi connectivity index (χ2v) is 10.4. The third-order valence-corrected chi connectivity index (χ3v) is 7.71. The summed E-state index contributed by atoms with van der Waals surface area (Å²) < 4.78 is 0. The highest BCUT2D eigenvalue weighted by Crippen LogP contribution is 2.37. The summed E-state index contributed by atoms with van der Waals surface area (Å²) in [5, 5.41) is 6.36. The number of hydrogen-bond donors (Lipinski definition) is 2. The number of thioether (sulfide) groups is 1.